The van der Waals surface area contributed by atoms with E-state index in [-0.39, 0.29) is 17.7 Å². The molecule has 0 aliphatic carbocycles. The molecule has 80 valence electrons. The van der Waals surface area contributed by atoms with Crippen molar-refractivity contribution in [1.29, 1.82) is 0 Å². The maximum atomic E-state index is 11.1. The maximum absolute atomic E-state index is 11.1. The normalized spacial score (nSPS) is 25.5. The largest absolute Gasteiger partial charge is 0.369 e. The first kappa shape index (κ1) is 9.89. The standard InChI is InChI=1S/C10H14N4O/c1-7-5-14(6-8(7)9(11)15)10-12-3-2-4-13-10/h2-4,7-8H,5-6H2,1H3,(H2,11,15)/t7-,8-/m1/s1. The Bertz CT molecular complexity index is 354. The van der Waals surface area contributed by atoms with Gasteiger partial charge in [0.25, 0.3) is 0 Å². The molecule has 1 aromatic rings. The second-order valence-electron chi connectivity index (χ2n) is 3.94. The van der Waals surface area contributed by atoms with Crippen molar-refractivity contribution < 1.29 is 4.79 Å². The smallest absolute Gasteiger partial charge is 0.225 e. The molecule has 2 heterocycles. The van der Waals surface area contributed by atoms with E-state index in [0.29, 0.717) is 12.5 Å². The summed E-state index contributed by atoms with van der Waals surface area (Å²) in [7, 11) is 0. The molecule has 1 amide bonds. The predicted molar refractivity (Wildman–Crippen MR) is 56.1 cm³/mol. The maximum Gasteiger partial charge on any atom is 0.225 e. The van der Waals surface area contributed by atoms with Crippen LogP contribution in [0, 0.1) is 11.8 Å². The number of hydrogen-bond donors (Lipinski definition) is 1. The zero-order chi connectivity index (χ0) is 10.8. The minimum absolute atomic E-state index is 0.0891. The average molecular weight is 206 g/mol. The molecule has 0 bridgehead atoms. The highest BCUT2D eigenvalue weighted by atomic mass is 16.1. The first-order chi connectivity index (χ1) is 7.18. The van der Waals surface area contributed by atoms with Crippen molar-refractivity contribution in [3.05, 3.63) is 18.5 Å². The lowest BCUT2D eigenvalue weighted by atomic mass is 9.98. The van der Waals surface area contributed by atoms with Gasteiger partial charge in [-0.05, 0) is 12.0 Å². The number of anilines is 1. The van der Waals surface area contributed by atoms with Gasteiger partial charge in [-0.1, -0.05) is 6.92 Å². The number of aromatic nitrogens is 2. The number of amides is 1. The van der Waals surface area contributed by atoms with E-state index in [1.807, 2.05) is 11.8 Å². The van der Waals surface area contributed by atoms with Crippen LogP contribution in [0.1, 0.15) is 6.92 Å². The van der Waals surface area contributed by atoms with Crippen LogP contribution >= 0.6 is 0 Å². The fourth-order valence-electron chi connectivity index (χ4n) is 1.95. The molecular weight excluding hydrogens is 192 g/mol. The van der Waals surface area contributed by atoms with Gasteiger partial charge >= 0.3 is 0 Å². The van der Waals surface area contributed by atoms with E-state index in [1.165, 1.54) is 0 Å². The second-order valence-corrected chi connectivity index (χ2v) is 3.94. The van der Waals surface area contributed by atoms with Gasteiger partial charge in [0.2, 0.25) is 11.9 Å². The van der Waals surface area contributed by atoms with Crippen LogP contribution in [0.4, 0.5) is 5.95 Å². The van der Waals surface area contributed by atoms with Crippen molar-refractivity contribution in [3.63, 3.8) is 0 Å². The Balaban J connectivity index is 2.13. The highest BCUT2D eigenvalue weighted by Gasteiger charge is 2.34. The van der Waals surface area contributed by atoms with Gasteiger partial charge in [-0.3, -0.25) is 4.79 Å². The van der Waals surface area contributed by atoms with Crippen molar-refractivity contribution >= 4 is 11.9 Å². The highest BCUT2D eigenvalue weighted by molar-refractivity contribution is 5.78. The van der Waals surface area contributed by atoms with Crippen LogP contribution in [-0.4, -0.2) is 29.0 Å². The molecule has 5 nitrogen and oxygen atoms in total. The number of nitrogens with zero attached hydrogens (tertiary/aromatic N) is 3. The number of hydrogen-bond acceptors (Lipinski definition) is 4. The summed E-state index contributed by atoms with van der Waals surface area (Å²) in [6.07, 6.45) is 3.40. The van der Waals surface area contributed by atoms with Crippen LogP contribution in [0.5, 0.6) is 0 Å². The molecule has 0 spiro atoms. The van der Waals surface area contributed by atoms with Gasteiger partial charge in [0.15, 0.2) is 0 Å². The molecule has 2 N–H and O–H groups in total. The summed E-state index contributed by atoms with van der Waals surface area (Å²) in [5, 5.41) is 0. The van der Waals surface area contributed by atoms with Crippen molar-refractivity contribution in [2.24, 2.45) is 17.6 Å². The molecule has 0 aromatic carbocycles. The summed E-state index contributed by atoms with van der Waals surface area (Å²) in [4.78, 5) is 21.4. The highest BCUT2D eigenvalue weighted by Crippen LogP contribution is 2.25. The van der Waals surface area contributed by atoms with E-state index in [4.69, 9.17) is 5.73 Å². The number of nitrogens with two attached hydrogens (primary N) is 1. The summed E-state index contributed by atoms with van der Waals surface area (Å²) in [6.45, 7) is 3.44. The Morgan fingerprint density at radius 2 is 2.13 bits per heavy atom. The minimum atomic E-state index is -0.235. The van der Waals surface area contributed by atoms with E-state index >= 15 is 0 Å². The van der Waals surface area contributed by atoms with Crippen molar-refractivity contribution in [3.8, 4) is 0 Å². The van der Waals surface area contributed by atoms with E-state index in [2.05, 4.69) is 9.97 Å². The van der Waals surface area contributed by atoms with Crippen LogP contribution in [0.3, 0.4) is 0 Å². The molecule has 1 aliphatic heterocycles. The molecule has 2 rings (SSSR count). The third-order valence-electron chi connectivity index (χ3n) is 2.81. The Morgan fingerprint density at radius 3 is 2.67 bits per heavy atom. The molecule has 1 fully saturated rings. The van der Waals surface area contributed by atoms with Crippen molar-refractivity contribution in [2.75, 3.05) is 18.0 Å². The van der Waals surface area contributed by atoms with Crippen LogP contribution in [-0.2, 0) is 4.79 Å². The molecule has 1 aliphatic rings. The quantitative estimate of drug-likeness (QED) is 0.741. The second kappa shape index (κ2) is 3.84. The third kappa shape index (κ3) is 1.91. The zero-order valence-electron chi connectivity index (χ0n) is 8.63. The Labute approximate surface area is 88.3 Å². The van der Waals surface area contributed by atoms with E-state index in [9.17, 15) is 4.79 Å². The van der Waals surface area contributed by atoms with Gasteiger partial charge in [-0.2, -0.15) is 0 Å². The SMILES string of the molecule is C[C@@H]1CN(c2ncccn2)C[C@H]1C(N)=O. The van der Waals surface area contributed by atoms with Gasteiger partial charge in [-0.15, -0.1) is 0 Å². The lowest BCUT2D eigenvalue weighted by Crippen LogP contribution is -2.29. The Kier molecular flexibility index (Phi) is 2.53. The lowest BCUT2D eigenvalue weighted by Gasteiger charge is -2.14. The van der Waals surface area contributed by atoms with Crippen molar-refractivity contribution in [2.45, 2.75) is 6.92 Å². The molecule has 2 atom stereocenters. The van der Waals surface area contributed by atoms with Crippen LogP contribution in [0.15, 0.2) is 18.5 Å². The summed E-state index contributed by atoms with van der Waals surface area (Å²) in [5.74, 6) is 0.620. The van der Waals surface area contributed by atoms with Gasteiger partial charge in [0.05, 0.1) is 5.92 Å². The van der Waals surface area contributed by atoms with E-state index < -0.39 is 0 Å². The topological polar surface area (TPSA) is 72.1 Å². The predicted octanol–water partition coefficient (Wildman–Crippen LogP) is 0.0342. The molecule has 15 heavy (non-hydrogen) atoms. The Morgan fingerprint density at radius 1 is 1.47 bits per heavy atom. The van der Waals surface area contributed by atoms with Gasteiger partial charge in [0, 0.05) is 25.5 Å². The monoisotopic (exact) mass is 206 g/mol. The molecule has 0 radical (unpaired) electrons. The van der Waals surface area contributed by atoms with E-state index in [1.54, 1.807) is 18.5 Å². The van der Waals surface area contributed by atoms with E-state index in [0.717, 1.165) is 6.54 Å². The first-order valence-corrected chi connectivity index (χ1v) is 4.99. The Hall–Kier alpha value is -1.65. The molecule has 5 heteroatoms. The fourth-order valence-corrected chi connectivity index (χ4v) is 1.95. The average Bonchev–Trinajstić information content (AvgIpc) is 2.62. The number of rotatable bonds is 2. The third-order valence-corrected chi connectivity index (χ3v) is 2.81. The van der Waals surface area contributed by atoms with Crippen LogP contribution < -0.4 is 10.6 Å². The van der Waals surface area contributed by atoms with Crippen molar-refractivity contribution in [1.82, 2.24) is 9.97 Å². The molecular formula is C10H14N4O. The van der Waals surface area contributed by atoms with Crippen LogP contribution in [0.2, 0.25) is 0 Å². The lowest BCUT2D eigenvalue weighted by molar-refractivity contribution is -0.122. The fraction of sp³-hybridized carbons (Fsp3) is 0.500. The first-order valence-electron chi connectivity index (χ1n) is 4.99. The number of primary amides is 1. The van der Waals surface area contributed by atoms with Gasteiger partial charge in [-0.25, -0.2) is 9.97 Å². The molecule has 1 aromatic heterocycles. The van der Waals surface area contributed by atoms with Gasteiger partial charge < -0.3 is 10.6 Å². The summed E-state index contributed by atoms with van der Waals surface area (Å²) in [6, 6.07) is 1.77. The minimum Gasteiger partial charge on any atom is -0.369 e. The van der Waals surface area contributed by atoms with Crippen LogP contribution in [0.25, 0.3) is 0 Å². The molecule has 0 unspecified atom stereocenters. The summed E-state index contributed by atoms with van der Waals surface area (Å²) >= 11 is 0. The summed E-state index contributed by atoms with van der Waals surface area (Å²) < 4.78 is 0. The molecule has 1 saturated heterocycles. The zero-order valence-corrected chi connectivity index (χ0v) is 8.63. The molecule has 0 saturated carbocycles. The summed E-state index contributed by atoms with van der Waals surface area (Å²) in [5.41, 5.74) is 5.32. The number of carbonyl (C=O) groups excluding carboxylic acids is 1. The van der Waals surface area contributed by atoms with Gasteiger partial charge in [0.1, 0.15) is 0 Å². The number of carbonyl (C=O) groups is 1.